The Labute approximate surface area is 168 Å². The normalized spacial score (nSPS) is 12.6. The minimum Gasteiger partial charge on any atom is -0.395 e. The molecule has 1 atom stereocenters. The molecular weight excluding hydrogens is 362 g/mol. The summed E-state index contributed by atoms with van der Waals surface area (Å²) in [7, 11) is -1.13. The number of nitrogens with zero attached hydrogens (tertiary/aromatic N) is 1. The molecule has 0 heterocycles. The predicted molar refractivity (Wildman–Crippen MR) is 114 cm³/mol. The van der Waals surface area contributed by atoms with Gasteiger partial charge in [0, 0.05) is 41.1 Å². The van der Waals surface area contributed by atoms with E-state index in [1.807, 2.05) is 0 Å². The maximum absolute atomic E-state index is 11.9. The van der Waals surface area contributed by atoms with Crippen LogP contribution in [-0.4, -0.2) is 57.3 Å². The third-order valence-corrected chi connectivity index (χ3v) is 5.74. The summed E-state index contributed by atoms with van der Waals surface area (Å²) < 4.78 is 11.9. The summed E-state index contributed by atoms with van der Waals surface area (Å²) in [6, 6.07) is 0. The zero-order valence-corrected chi connectivity index (χ0v) is 18.1. The zero-order valence-electron chi connectivity index (χ0n) is 17.2. The summed E-state index contributed by atoms with van der Waals surface area (Å²) in [6.45, 7) is 2.30. The summed E-state index contributed by atoms with van der Waals surface area (Å²) in [4.78, 5) is 13.2. The lowest BCUT2D eigenvalue weighted by molar-refractivity contribution is -0.127. The molecular formula is C21H41NO4S. The molecule has 0 aliphatic rings. The van der Waals surface area contributed by atoms with Crippen molar-refractivity contribution < 1.29 is 19.2 Å². The molecule has 0 spiro atoms. The van der Waals surface area contributed by atoms with Crippen molar-refractivity contribution in [2.45, 2.75) is 84.0 Å². The van der Waals surface area contributed by atoms with Gasteiger partial charge in [0.05, 0.1) is 13.2 Å². The van der Waals surface area contributed by atoms with Crippen molar-refractivity contribution in [3.8, 4) is 0 Å². The third-order valence-electron chi connectivity index (χ3n) is 4.61. The molecule has 0 saturated carbocycles. The summed E-state index contributed by atoms with van der Waals surface area (Å²) in [6.07, 6.45) is 16.6. The van der Waals surface area contributed by atoms with Crippen LogP contribution in [0.3, 0.4) is 0 Å². The molecule has 6 heteroatoms. The van der Waals surface area contributed by atoms with Crippen LogP contribution in [0.4, 0.5) is 0 Å². The first-order valence-electron chi connectivity index (χ1n) is 10.7. The van der Waals surface area contributed by atoms with E-state index in [1.54, 1.807) is 0 Å². The van der Waals surface area contributed by atoms with E-state index in [1.165, 1.54) is 80.6 Å². The quantitative estimate of drug-likeness (QED) is 0.254. The topological polar surface area (TPSA) is 77.8 Å². The highest BCUT2D eigenvalue weighted by atomic mass is 32.2. The highest BCUT2D eigenvalue weighted by Crippen LogP contribution is 2.12. The first-order valence-corrected chi connectivity index (χ1v) is 12.1. The molecule has 1 amide bonds. The molecule has 0 bridgehead atoms. The van der Waals surface area contributed by atoms with E-state index in [-0.39, 0.29) is 32.2 Å². The fourth-order valence-electron chi connectivity index (χ4n) is 2.97. The average molecular weight is 404 g/mol. The molecule has 1 unspecified atom stereocenters. The molecule has 2 N–H and O–H groups in total. The Hall–Kier alpha value is -0.720. The number of carbonyl (C=O) groups is 1. The van der Waals surface area contributed by atoms with Gasteiger partial charge in [0.25, 0.3) is 0 Å². The number of aliphatic hydroxyl groups excluding tert-OH is 2. The summed E-state index contributed by atoms with van der Waals surface area (Å²) in [5, 5.41) is 19.2. The SMILES string of the molecule is CCCCCCCCCCCCCCS(=O)C=CC(=O)N(CCO)CCO. The Balaban J connectivity index is 3.61. The standard InChI is InChI=1S/C21H41NO4S/c1-2-3-4-5-6-7-8-9-10-11-12-13-19-27(26)20-14-21(25)22(15-17-23)16-18-24/h14,20,23-24H,2-13,15-19H2,1H3. The lowest BCUT2D eigenvalue weighted by atomic mass is 10.1. The van der Waals surface area contributed by atoms with Crippen LogP contribution in [0.25, 0.3) is 0 Å². The van der Waals surface area contributed by atoms with Gasteiger partial charge in [-0.15, -0.1) is 0 Å². The van der Waals surface area contributed by atoms with Gasteiger partial charge in [0.1, 0.15) is 0 Å². The molecule has 27 heavy (non-hydrogen) atoms. The van der Waals surface area contributed by atoms with Crippen LogP contribution in [-0.2, 0) is 15.6 Å². The van der Waals surface area contributed by atoms with Crippen LogP contribution < -0.4 is 0 Å². The molecule has 0 aromatic carbocycles. The Kier molecular flexibility index (Phi) is 19.5. The van der Waals surface area contributed by atoms with Crippen molar-refractivity contribution in [2.24, 2.45) is 0 Å². The van der Waals surface area contributed by atoms with Gasteiger partial charge in [-0.3, -0.25) is 9.00 Å². The van der Waals surface area contributed by atoms with Gasteiger partial charge in [-0.2, -0.15) is 0 Å². The lowest BCUT2D eigenvalue weighted by Gasteiger charge is -2.18. The Morgan fingerprint density at radius 2 is 1.26 bits per heavy atom. The van der Waals surface area contributed by atoms with E-state index in [0.717, 1.165) is 12.8 Å². The van der Waals surface area contributed by atoms with Crippen LogP contribution in [0.5, 0.6) is 0 Å². The third kappa shape index (κ3) is 17.1. The number of aliphatic hydroxyl groups is 2. The maximum atomic E-state index is 11.9. The molecule has 0 rings (SSSR count). The van der Waals surface area contributed by atoms with E-state index in [4.69, 9.17) is 10.2 Å². The van der Waals surface area contributed by atoms with Crippen molar-refractivity contribution >= 4 is 16.7 Å². The van der Waals surface area contributed by atoms with Crippen LogP contribution in [0.2, 0.25) is 0 Å². The fraction of sp³-hybridized carbons (Fsp3) is 0.857. The van der Waals surface area contributed by atoms with Crippen LogP contribution in [0, 0.1) is 0 Å². The second kappa shape index (κ2) is 20.0. The molecule has 0 aliphatic heterocycles. The van der Waals surface area contributed by atoms with Gasteiger partial charge < -0.3 is 15.1 Å². The van der Waals surface area contributed by atoms with Gasteiger partial charge in [0.15, 0.2) is 0 Å². The van der Waals surface area contributed by atoms with Gasteiger partial charge in [-0.1, -0.05) is 77.6 Å². The largest absolute Gasteiger partial charge is 0.395 e. The second-order valence-corrected chi connectivity index (χ2v) is 8.49. The number of hydrogen-bond donors (Lipinski definition) is 2. The minimum absolute atomic E-state index is 0.151. The van der Waals surface area contributed by atoms with Crippen molar-refractivity contribution in [2.75, 3.05) is 32.1 Å². The molecule has 0 aliphatic carbocycles. The van der Waals surface area contributed by atoms with Crippen molar-refractivity contribution in [1.82, 2.24) is 4.90 Å². The summed E-state index contributed by atoms with van der Waals surface area (Å²) >= 11 is 0. The highest BCUT2D eigenvalue weighted by molar-refractivity contribution is 7.87. The molecule has 0 aromatic rings. The highest BCUT2D eigenvalue weighted by Gasteiger charge is 2.09. The Morgan fingerprint density at radius 3 is 1.70 bits per heavy atom. The van der Waals surface area contributed by atoms with E-state index < -0.39 is 10.8 Å². The summed E-state index contributed by atoms with van der Waals surface area (Å²) in [5.41, 5.74) is 0. The van der Waals surface area contributed by atoms with Gasteiger partial charge in [-0.05, 0) is 6.42 Å². The van der Waals surface area contributed by atoms with Crippen LogP contribution >= 0.6 is 0 Å². The van der Waals surface area contributed by atoms with Gasteiger partial charge in [-0.25, -0.2) is 0 Å². The van der Waals surface area contributed by atoms with Gasteiger partial charge in [0.2, 0.25) is 5.91 Å². The Bertz CT molecular complexity index is 396. The molecule has 0 aromatic heterocycles. The lowest BCUT2D eigenvalue weighted by Crippen LogP contribution is -2.34. The number of rotatable bonds is 19. The molecule has 0 saturated heterocycles. The van der Waals surface area contributed by atoms with E-state index >= 15 is 0 Å². The zero-order chi connectivity index (χ0) is 20.2. The molecule has 0 radical (unpaired) electrons. The first kappa shape index (κ1) is 26.3. The second-order valence-electron chi connectivity index (χ2n) is 7.05. The fourth-order valence-corrected chi connectivity index (χ4v) is 3.86. The number of hydrogen-bond acceptors (Lipinski definition) is 4. The number of carbonyl (C=O) groups excluding carboxylic acids is 1. The predicted octanol–water partition coefficient (Wildman–Crippen LogP) is 3.76. The first-order chi connectivity index (χ1) is 13.2. The summed E-state index contributed by atoms with van der Waals surface area (Å²) in [5.74, 6) is 0.266. The van der Waals surface area contributed by atoms with Gasteiger partial charge >= 0.3 is 0 Å². The van der Waals surface area contributed by atoms with Crippen LogP contribution in [0.15, 0.2) is 11.5 Å². The average Bonchev–Trinajstić information content (AvgIpc) is 2.66. The van der Waals surface area contributed by atoms with E-state index in [9.17, 15) is 9.00 Å². The number of amides is 1. The monoisotopic (exact) mass is 403 g/mol. The smallest absolute Gasteiger partial charge is 0.247 e. The minimum atomic E-state index is -1.13. The number of unbranched alkanes of at least 4 members (excludes halogenated alkanes) is 11. The van der Waals surface area contributed by atoms with Crippen molar-refractivity contribution in [3.63, 3.8) is 0 Å². The van der Waals surface area contributed by atoms with E-state index in [0.29, 0.717) is 5.75 Å². The Morgan fingerprint density at radius 1 is 0.815 bits per heavy atom. The molecule has 5 nitrogen and oxygen atoms in total. The van der Waals surface area contributed by atoms with Crippen LogP contribution in [0.1, 0.15) is 84.0 Å². The molecule has 160 valence electrons. The van der Waals surface area contributed by atoms with Crippen molar-refractivity contribution in [1.29, 1.82) is 0 Å². The van der Waals surface area contributed by atoms with Crippen molar-refractivity contribution in [3.05, 3.63) is 11.5 Å². The maximum Gasteiger partial charge on any atom is 0.247 e. The molecule has 0 fully saturated rings. The van der Waals surface area contributed by atoms with E-state index in [2.05, 4.69) is 6.92 Å².